The average Bonchev–Trinajstić information content (AvgIpc) is 2.41. The van der Waals surface area contributed by atoms with E-state index in [1.165, 1.54) is 38.5 Å². The first kappa shape index (κ1) is 17.7. The van der Waals surface area contributed by atoms with Crippen LogP contribution < -0.4 is 0 Å². The van der Waals surface area contributed by atoms with Crippen LogP contribution in [-0.2, 0) is 4.74 Å². The Bertz CT molecular complexity index is 436. The van der Waals surface area contributed by atoms with Gasteiger partial charge in [-0.05, 0) is 80.5 Å². The number of hydrogen-bond acceptors (Lipinski definition) is 2. The van der Waals surface area contributed by atoms with Crippen LogP contribution in [0.2, 0.25) is 0 Å². The maximum Gasteiger partial charge on any atom is 0.160 e. The van der Waals surface area contributed by atoms with Gasteiger partial charge >= 0.3 is 0 Å². The van der Waals surface area contributed by atoms with Crippen molar-refractivity contribution in [3.63, 3.8) is 0 Å². The van der Waals surface area contributed by atoms with Gasteiger partial charge in [0.15, 0.2) is 5.79 Å². The van der Waals surface area contributed by atoms with Crippen molar-refractivity contribution in [1.82, 2.24) is 0 Å². The van der Waals surface area contributed by atoms with Crippen LogP contribution in [-0.4, -0.2) is 17.0 Å². The Morgan fingerprint density at radius 3 is 2.39 bits per heavy atom. The highest BCUT2D eigenvalue weighted by molar-refractivity contribution is 5.06. The molecule has 0 aromatic rings. The van der Waals surface area contributed by atoms with E-state index < -0.39 is 5.79 Å². The van der Waals surface area contributed by atoms with Crippen LogP contribution in [0.1, 0.15) is 86.5 Å². The summed E-state index contributed by atoms with van der Waals surface area (Å²) in [4.78, 5) is 0. The predicted octanol–water partition coefficient (Wildman–Crippen LogP) is 5.39. The van der Waals surface area contributed by atoms with E-state index in [9.17, 15) is 5.11 Å². The van der Waals surface area contributed by atoms with Crippen molar-refractivity contribution >= 4 is 0 Å². The van der Waals surface area contributed by atoms with Crippen molar-refractivity contribution in [1.29, 1.82) is 0 Å². The SMILES string of the molecule is CC1C2C(CCC1(C)C)[C@@]1(C)CCCCC1C[C@@H]2OC(C)(C)O. The van der Waals surface area contributed by atoms with Gasteiger partial charge in [0.05, 0.1) is 6.10 Å². The van der Waals surface area contributed by atoms with Gasteiger partial charge in [0.2, 0.25) is 0 Å². The Kier molecular flexibility index (Phi) is 4.42. The standard InChI is InChI=1S/C21H38O2/c1-14-18-16(10-12-19(14,2)3)21(6)11-8-7-9-15(21)13-17(18)23-20(4,5)22/h14-18,22H,7-13H2,1-6H3/t14?,15?,16?,17-,18?,21-/m0/s1. The van der Waals surface area contributed by atoms with Crippen LogP contribution in [0, 0.1) is 34.5 Å². The maximum atomic E-state index is 10.3. The topological polar surface area (TPSA) is 29.5 Å². The second-order valence-electron chi connectivity index (χ2n) is 10.3. The maximum absolute atomic E-state index is 10.3. The molecule has 0 bridgehead atoms. The zero-order valence-electron chi connectivity index (χ0n) is 16.2. The summed E-state index contributed by atoms with van der Waals surface area (Å²) in [7, 11) is 0. The fourth-order valence-electron chi connectivity index (χ4n) is 6.41. The lowest BCUT2D eigenvalue weighted by atomic mass is 9.44. The van der Waals surface area contributed by atoms with Gasteiger partial charge < -0.3 is 9.84 Å². The molecule has 1 N–H and O–H groups in total. The van der Waals surface area contributed by atoms with E-state index in [0.717, 1.165) is 18.3 Å². The van der Waals surface area contributed by atoms with Crippen molar-refractivity contribution in [2.45, 2.75) is 98.4 Å². The van der Waals surface area contributed by atoms with E-state index in [-0.39, 0.29) is 6.10 Å². The zero-order valence-corrected chi connectivity index (χ0v) is 16.2. The summed E-state index contributed by atoms with van der Waals surface area (Å²) in [6, 6.07) is 0. The molecule has 0 aromatic heterocycles. The number of aliphatic hydroxyl groups is 1. The molecule has 0 spiro atoms. The Morgan fingerprint density at radius 1 is 1.04 bits per heavy atom. The zero-order chi connectivity index (χ0) is 17.0. The molecule has 2 heteroatoms. The Labute approximate surface area is 143 Å². The molecule has 0 saturated heterocycles. The first-order valence-corrected chi connectivity index (χ1v) is 9.95. The molecule has 3 rings (SSSR count). The van der Waals surface area contributed by atoms with E-state index in [4.69, 9.17) is 4.74 Å². The summed E-state index contributed by atoms with van der Waals surface area (Å²) >= 11 is 0. The minimum absolute atomic E-state index is 0.228. The third-order valence-electron chi connectivity index (χ3n) is 8.06. The van der Waals surface area contributed by atoms with Gasteiger partial charge in [0.25, 0.3) is 0 Å². The van der Waals surface area contributed by atoms with Crippen molar-refractivity contribution in [2.24, 2.45) is 34.5 Å². The second-order valence-corrected chi connectivity index (χ2v) is 10.3. The van der Waals surface area contributed by atoms with E-state index in [2.05, 4.69) is 27.7 Å². The van der Waals surface area contributed by atoms with E-state index in [1.807, 2.05) is 0 Å². The molecule has 23 heavy (non-hydrogen) atoms. The molecule has 0 aliphatic heterocycles. The number of rotatable bonds is 2. The Hall–Kier alpha value is -0.0800. The van der Waals surface area contributed by atoms with Gasteiger partial charge in [0.1, 0.15) is 0 Å². The van der Waals surface area contributed by atoms with Gasteiger partial charge in [0, 0.05) is 0 Å². The molecule has 3 saturated carbocycles. The summed E-state index contributed by atoms with van der Waals surface area (Å²) in [6.07, 6.45) is 9.63. The minimum atomic E-state index is -1.01. The highest BCUT2D eigenvalue weighted by Crippen LogP contribution is 2.63. The van der Waals surface area contributed by atoms with Gasteiger partial charge in [-0.2, -0.15) is 0 Å². The van der Waals surface area contributed by atoms with Crippen LogP contribution in [0.15, 0.2) is 0 Å². The molecule has 3 fully saturated rings. The van der Waals surface area contributed by atoms with Crippen LogP contribution in [0.3, 0.4) is 0 Å². The van der Waals surface area contributed by atoms with E-state index in [0.29, 0.717) is 22.7 Å². The predicted molar refractivity (Wildman–Crippen MR) is 95.0 cm³/mol. The molecule has 0 heterocycles. The van der Waals surface area contributed by atoms with E-state index in [1.54, 1.807) is 13.8 Å². The fourth-order valence-corrected chi connectivity index (χ4v) is 6.41. The normalized spacial score (nSPS) is 46.8. The van der Waals surface area contributed by atoms with Crippen molar-refractivity contribution in [3.8, 4) is 0 Å². The second kappa shape index (κ2) is 5.73. The lowest BCUT2D eigenvalue weighted by molar-refractivity contribution is -0.262. The molecule has 3 aliphatic carbocycles. The molecule has 0 aromatic carbocycles. The number of ether oxygens (including phenoxy) is 1. The number of hydrogen-bond donors (Lipinski definition) is 1. The van der Waals surface area contributed by atoms with Gasteiger partial charge in [-0.3, -0.25) is 0 Å². The quantitative estimate of drug-likeness (QED) is 0.691. The molecular formula is C21H38O2. The van der Waals surface area contributed by atoms with Crippen LogP contribution in [0.4, 0.5) is 0 Å². The smallest absolute Gasteiger partial charge is 0.160 e. The Balaban J connectivity index is 1.94. The molecule has 134 valence electrons. The minimum Gasteiger partial charge on any atom is -0.366 e. The summed E-state index contributed by atoms with van der Waals surface area (Å²) in [5, 5.41) is 10.3. The van der Waals surface area contributed by atoms with Crippen LogP contribution >= 0.6 is 0 Å². The molecular weight excluding hydrogens is 284 g/mol. The Morgan fingerprint density at radius 2 is 1.74 bits per heavy atom. The number of fused-ring (bicyclic) bond motifs is 3. The summed E-state index contributed by atoms with van der Waals surface area (Å²) in [5.41, 5.74) is 0.896. The van der Waals surface area contributed by atoms with Crippen LogP contribution in [0.5, 0.6) is 0 Å². The molecule has 2 nitrogen and oxygen atoms in total. The highest BCUT2D eigenvalue weighted by atomic mass is 16.6. The van der Waals surface area contributed by atoms with Crippen molar-refractivity contribution < 1.29 is 9.84 Å². The van der Waals surface area contributed by atoms with Gasteiger partial charge in [-0.1, -0.05) is 40.5 Å². The van der Waals surface area contributed by atoms with Crippen molar-refractivity contribution in [2.75, 3.05) is 0 Å². The summed E-state index contributed by atoms with van der Waals surface area (Å²) < 4.78 is 6.26. The summed E-state index contributed by atoms with van der Waals surface area (Å²) in [5.74, 6) is 1.81. The third kappa shape index (κ3) is 3.11. The monoisotopic (exact) mass is 322 g/mol. The van der Waals surface area contributed by atoms with Gasteiger partial charge in [-0.15, -0.1) is 0 Å². The molecule has 3 aliphatic rings. The molecule has 0 amide bonds. The summed E-state index contributed by atoms with van der Waals surface area (Å²) in [6.45, 7) is 13.5. The lowest BCUT2D eigenvalue weighted by Crippen LogP contribution is -2.58. The lowest BCUT2D eigenvalue weighted by Gasteiger charge is -2.62. The molecule has 6 atom stereocenters. The molecule has 4 unspecified atom stereocenters. The largest absolute Gasteiger partial charge is 0.366 e. The first-order chi connectivity index (χ1) is 10.5. The molecule has 0 radical (unpaired) electrons. The highest BCUT2D eigenvalue weighted by Gasteiger charge is 2.58. The third-order valence-corrected chi connectivity index (χ3v) is 8.06. The van der Waals surface area contributed by atoms with Gasteiger partial charge in [-0.25, -0.2) is 0 Å². The fraction of sp³-hybridized carbons (Fsp3) is 1.00. The first-order valence-electron chi connectivity index (χ1n) is 9.95. The van der Waals surface area contributed by atoms with Crippen molar-refractivity contribution in [3.05, 3.63) is 0 Å². The van der Waals surface area contributed by atoms with Crippen LogP contribution in [0.25, 0.3) is 0 Å². The average molecular weight is 323 g/mol. The van der Waals surface area contributed by atoms with E-state index >= 15 is 0 Å².